The maximum absolute atomic E-state index is 13.7. The lowest BCUT2D eigenvalue weighted by atomic mass is 9.98. The zero-order valence-corrected chi connectivity index (χ0v) is 13.0. The second-order valence-corrected chi connectivity index (χ2v) is 5.44. The van der Waals surface area contributed by atoms with Crippen molar-refractivity contribution in [2.24, 2.45) is 0 Å². The highest BCUT2D eigenvalue weighted by Crippen LogP contribution is 2.36. The van der Waals surface area contributed by atoms with Gasteiger partial charge in [-0.15, -0.1) is 0 Å². The Hall–Kier alpha value is -0.800. The van der Waals surface area contributed by atoms with Crippen molar-refractivity contribution in [2.45, 2.75) is 13.0 Å². The summed E-state index contributed by atoms with van der Waals surface area (Å²) in [5.74, 6) is -0.453. The molecular weight excluding hydrogens is 320 g/mol. The Labute approximate surface area is 132 Å². The average molecular weight is 333 g/mol. The van der Waals surface area contributed by atoms with Gasteiger partial charge in [-0.2, -0.15) is 0 Å². The molecular formula is C15H13Cl3FN. The fraction of sp³-hybridized carbons (Fsp3) is 0.200. The minimum absolute atomic E-state index is 0.0921. The van der Waals surface area contributed by atoms with Crippen LogP contribution in [0.4, 0.5) is 4.39 Å². The molecule has 20 heavy (non-hydrogen) atoms. The average Bonchev–Trinajstić information content (AvgIpc) is 2.43. The molecule has 1 nitrogen and oxygen atoms in total. The highest BCUT2D eigenvalue weighted by Gasteiger charge is 2.21. The molecule has 0 fully saturated rings. The number of halogens is 4. The van der Waals surface area contributed by atoms with Gasteiger partial charge in [0.15, 0.2) is 0 Å². The van der Waals surface area contributed by atoms with E-state index in [0.29, 0.717) is 22.2 Å². The summed E-state index contributed by atoms with van der Waals surface area (Å²) in [6.07, 6.45) is 0. The first kappa shape index (κ1) is 15.6. The van der Waals surface area contributed by atoms with E-state index < -0.39 is 5.82 Å². The Balaban J connectivity index is 2.56. The van der Waals surface area contributed by atoms with Crippen molar-refractivity contribution in [1.82, 2.24) is 5.32 Å². The predicted octanol–water partition coefficient (Wildman–Crippen LogP) is 5.48. The minimum atomic E-state index is -0.453. The first-order valence-corrected chi connectivity index (χ1v) is 7.30. The van der Waals surface area contributed by atoms with Crippen molar-refractivity contribution in [1.29, 1.82) is 0 Å². The third-order valence-corrected chi connectivity index (χ3v) is 4.23. The van der Waals surface area contributed by atoms with Crippen LogP contribution in [-0.4, -0.2) is 6.54 Å². The van der Waals surface area contributed by atoms with Crippen LogP contribution in [0.2, 0.25) is 15.1 Å². The van der Waals surface area contributed by atoms with Crippen molar-refractivity contribution in [3.8, 4) is 0 Å². The van der Waals surface area contributed by atoms with Crippen LogP contribution in [0.25, 0.3) is 0 Å². The molecule has 0 aliphatic rings. The largest absolute Gasteiger partial charge is 0.306 e. The molecule has 0 saturated carbocycles. The van der Waals surface area contributed by atoms with Crippen LogP contribution in [0.15, 0.2) is 36.4 Å². The second-order valence-electron chi connectivity index (χ2n) is 4.28. The summed E-state index contributed by atoms with van der Waals surface area (Å²) in [6, 6.07) is 9.78. The third kappa shape index (κ3) is 3.09. The first-order chi connectivity index (χ1) is 9.56. The SMILES string of the molecule is CCNC(c1cccc(F)c1Cl)c1cccc(Cl)c1Cl. The molecule has 1 N–H and O–H groups in total. The van der Waals surface area contributed by atoms with Gasteiger partial charge in [0, 0.05) is 0 Å². The summed E-state index contributed by atoms with van der Waals surface area (Å²) in [7, 11) is 0. The van der Waals surface area contributed by atoms with Gasteiger partial charge in [-0.3, -0.25) is 0 Å². The molecule has 2 aromatic rings. The standard InChI is InChI=1S/C15H13Cl3FN/c1-2-20-15(9-5-3-7-11(16)13(9)17)10-6-4-8-12(19)14(10)18/h3-8,15,20H,2H2,1H3. The minimum Gasteiger partial charge on any atom is -0.306 e. The fourth-order valence-electron chi connectivity index (χ4n) is 2.08. The molecule has 0 bridgehead atoms. The van der Waals surface area contributed by atoms with E-state index in [1.54, 1.807) is 24.3 Å². The van der Waals surface area contributed by atoms with Crippen LogP contribution in [0.5, 0.6) is 0 Å². The molecule has 0 aliphatic carbocycles. The van der Waals surface area contributed by atoms with Crippen molar-refractivity contribution in [2.75, 3.05) is 6.54 Å². The van der Waals surface area contributed by atoms with E-state index in [1.165, 1.54) is 6.07 Å². The Morgan fingerprint density at radius 1 is 1.00 bits per heavy atom. The molecule has 1 unspecified atom stereocenters. The molecule has 0 heterocycles. The first-order valence-electron chi connectivity index (χ1n) is 6.17. The zero-order chi connectivity index (χ0) is 14.7. The monoisotopic (exact) mass is 331 g/mol. The van der Waals surface area contributed by atoms with E-state index in [4.69, 9.17) is 34.8 Å². The van der Waals surface area contributed by atoms with Gasteiger partial charge < -0.3 is 5.32 Å². The molecule has 1 atom stereocenters. The van der Waals surface area contributed by atoms with Crippen molar-refractivity contribution >= 4 is 34.8 Å². The van der Waals surface area contributed by atoms with Gasteiger partial charge in [0.05, 0.1) is 21.1 Å². The molecule has 0 spiro atoms. The molecule has 5 heteroatoms. The summed E-state index contributed by atoms with van der Waals surface area (Å²) >= 11 is 18.4. The lowest BCUT2D eigenvalue weighted by molar-refractivity contribution is 0.604. The molecule has 0 aliphatic heterocycles. The van der Waals surface area contributed by atoms with Gasteiger partial charge in [0.1, 0.15) is 5.82 Å². The van der Waals surface area contributed by atoms with E-state index in [1.807, 2.05) is 13.0 Å². The fourth-order valence-corrected chi connectivity index (χ4v) is 2.73. The predicted molar refractivity (Wildman–Crippen MR) is 83.4 cm³/mol. The number of rotatable bonds is 4. The molecule has 2 rings (SSSR count). The smallest absolute Gasteiger partial charge is 0.142 e. The van der Waals surface area contributed by atoms with Crippen molar-refractivity contribution in [3.05, 3.63) is 68.4 Å². The van der Waals surface area contributed by atoms with Gasteiger partial charge in [0.2, 0.25) is 0 Å². The van der Waals surface area contributed by atoms with Crippen LogP contribution in [0.1, 0.15) is 24.1 Å². The summed E-state index contributed by atoms with van der Waals surface area (Å²) in [5.41, 5.74) is 1.41. The highest BCUT2D eigenvalue weighted by molar-refractivity contribution is 6.42. The van der Waals surface area contributed by atoms with Gasteiger partial charge in [0.25, 0.3) is 0 Å². The lowest BCUT2D eigenvalue weighted by Gasteiger charge is -2.21. The van der Waals surface area contributed by atoms with Crippen LogP contribution in [0.3, 0.4) is 0 Å². The highest BCUT2D eigenvalue weighted by atomic mass is 35.5. The Kier molecular flexibility index (Phi) is 5.28. The van der Waals surface area contributed by atoms with Gasteiger partial charge >= 0.3 is 0 Å². The van der Waals surface area contributed by atoms with Gasteiger partial charge in [-0.05, 0) is 29.8 Å². The Morgan fingerprint density at radius 3 is 2.25 bits per heavy atom. The van der Waals surface area contributed by atoms with E-state index in [0.717, 1.165) is 5.56 Å². The van der Waals surface area contributed by atoms with E-state index in [-0.39, 0.29) is 11.1 Å². The summed E-state index contributed by atoms with van der Waals surface area (Å²) in [4.78, 5) is 0. The van der Waals surface area contributed by atoms with E-state index in [2.05, 4.69) is 5.32 Å². The summed E-state index contributed by atoms with van der Waals surface area (Å²) < 4.78 is 13.7. The number of benzene rings is 2. The number of hydrogen-bond acceptors (Lipinski definition) is 1. The van der Waals surface area contributed by atoms with Crippen LogP contribution < -0.4 is 5.32 Å². The molecule has 2 aromatic carbocycles. The van der Waals surface area contributed by atoms with Crippen molar-refractivity contribution < 1.29 is 4.39 Å². The lowest BCUT2D eigenvalue weighted by Crippen LogP contribution is -2.23. The molecule has 0 amide bonds. The second kappa shape index (κ2) is 6.77. The quantitative estimate of drug-likeness (QED) is 0.781. The van der Waals surface area contributed by atoms with Crippen LogP contribution in [-0.2, 0) is 0 Å². The normalized spacial score (nSPS) is 12.4. The topological polar surface area (TPSA) is 12.0 Å². The van der Waals surface area contributed by atoms with Gasteiger partial charge in [-0.25, -0.2) is 4.39 Å². The van der Waals surface area contributed by atoms with Crippen LogP contribution in [0, 0.1) is 5.82 Å². The van der Waals surface area contributed by atoms with Crippen molar-refractivity contribution in [3.63, 3.8) is 0 Å². The molecule has 0 aromatic heterocycles. The van der Waals surface area contributed by atoms with E-state index >= 15 is 0 Å². The molecule has 0 radical (unpaired) electrons. The van der Waals surface area contributed by atoms with Crippen LogP contribution >= 0.6 is 34.8 Å². The summed E-state index contributed by atoms with van der Waals surface area (Å²) in [6.45, 7) is 2.64. The van der Waals surface area contributed by atoms with Gasteiger partial charge in [-0.1, -0.05) is 66.0 Å². The van der Waals surface area contributed by atoms with E-state index in [9.17, 15) is 4.39 Å². The number of nitrogens with one attached hydrogen (secondary N) is 1. The third-order valence-electron chi connectivity index (χ3n) is 2.99. The maximum Gasteiger partial charge on any atom is 0.142 e. The zero-order valence-electron chi connectivity index (χ0n) is 10.8. The maximum atomic E-state index is 13.7. The number of hydrogen-bond donors (Lipinski definition) is 1. The molecule has 0 saturated heterocycles. The summed E-state index contributed by atoms with van der Waals surface area (Å²) in [5, 5.41) is 4.25. The Morgan fingerprint density at radius 2 is 1.60 bits per heavy atom. The molecule has 106 valence electrons. The Bertz CT molecular complexity index is 565.